The molecule has 0 aliphatic heterocycles. The lowest BCUT2D eigenvalue weighted by Gasteiger charge is -2.45. The molecule has 2 aromatic heterocycles. The van der Waals surface area contributed by atoms with Crippen molar-refractivity contribution in [2.45, 2.75) is 44.3 Å². The maximum Gasteiger partial charge on any atom is 0.253 e. The molecule has 178 valence electrons. The van der Waals surface area contributed by atoms with Crippen molar-refractivity contribution >= 4 is 5.82 Å². The molecule has 2 bridgehead atoms. The number of pyridine rings is 1. The highest BCUT2D eigenvalue weighted by atomic mass is 19.1. The van der Waals surface area contributed by atoms with Crippen molar-refractivity contribution in [2.24, 2.45) is 18.9 Å². The van der Waals surface area contributed by atoms with E-state index in [1.54, 1.807) is 18.3 Å². The number of aromatic nitrogens is 4. The Bertz CT molecular complexity index is 1260. The Labute approximate surface area is 196 Å². The molecule has 5 rings (SSSR count). The number of rotatable bonds is 4. The molecular weight excluding hydrogens is 440 g/mol. The van der Waals surface area contributed by atoms with Crippen molar-refractivity contribution in [1.29, 1.82) is 0 Å². The van der Waals surface area contributed by atoms with Gasteiger partial charge in [0.1, 0.15) is 11.9 Å². The van der Waals surface area contributed by atoms with Crippen LogP contribution in [0.1, 0.15) is 32.1 Å². The van der Waals surface area contributed by atoms with Crippen molar-refractivity contribution in [3.63, 3.8) is 0 Å². The number of hydrogen-bond donors (Lipinski definition) is 1. The summed E-state index contributed by atoms with van der Waals surface area (Å²) in [6, 6.07) is 6.98. The minimum atomic E-state index is -0.890. The zero-order valence-corrected chi connectivity index (χ0v) is 19.2. The molecule has 2 heterocycles. The first-order chi connectivity index (χ1) is 16.3. The second-order valence-electron chi connectivity index (χ2n) is 9.49. The van der Waals surface area contributed by atoms with Crippen molar-refractivity contribution in [3.05, 3.63) is 52.8 Å². The minimum absolute atomic E-state index is 0.119. The smallest absolute Gasteiger partial charge is 0.253 e. The molecule has 4 atom stereocenters. The lowest BCUT2D eigenvalue weighted by molar-refractivity contribution is 0.0656. The van der Waals surface area contributed by atoms with Crippen LogP contribution in [0.2, 0.25) is 0 Å². The second-order valence-corrected chi connectivity index (χ2v) is 9.49. The number of hydrogen-bond acceptors (Lipinski definition) is 6. The predicted octanol–water partition coefficient (Wildman–Crippen LogP) is 4.10. The van der Waals surface area contributed by atoms with Crippen LogP contribution in [0.15, 0.2) is 41.3 Å². The highest BCUT2D eigenvalue weighted by Crippen LogP contribution is 2.43. The summed E-state index contributed by atoms with van der Waals surface area (Å²) in [6.45, 7) is 0. The number of alkyl halides is 1. The molecule has 2 aliphatic carbocycles. The largest absolute Gasteiger partial charge is 0.507 e. The number of benzene rings is 1. The molecule has 3 aromatic rings. The van der Waals surface area contributed by atoms with E-state index >= 15 is 4.39 Å². The summed E-state index contributed by atoms with van der Waals surface area (Å²) in [7, 11) is 3.18. The highest BCUT2D eigenvalue weighted by molar-refractivity contribution is 5.72. The van der Waals surface area contributed by atoms with Crippen LogP contribution in [0.4, 0.5) is 14.6 Å². The Hall–Kier alpha value is -3.36. The number of phenolic OH excluding ortho intramolecular Hbond substituents is 1. The molecule has 0 unspecified atom stereocenters. The standard InChI is InChI=1S/C25H27F2N5O2/c1-31(19-9-14-4-3-5-16(8-14)24(19)27)22-13-28-25(30-29-22)18-7-6-15(10-20(18)33)17-11-21(26)32(2)23(34)12-17/h6-7,10-14,16,19,24,33H,3-5,8-9H2,1-2H3/t14-,16+,19+,24-/m1/s1. The van der Waals surface area contributed by atoms with Gasteiger partial charge in [0.25, 0.3) is 5.56 Å². The maximum atomic E-state index is 15.1. The van der Waals surface area contributed by atoms with Gasteiger partial charge in [-0.15, -0.1) is 10.2 Å². The van der Waals surface area contributed by atoms with E-state index in [4.69, 9.17) is 0 Å². The quantitative estimate of drug-likeness (QED) is 0.582. The molecule has 0 radical (unpaired) electrons. The van der Waals surface area contributed by atoms with E-state index in [2.05, 4.69) is 15.2 Å². The van der Waals surface area contributed by atoms with Gasteiger partial charge in [-0.1, -0.05) is 18.9 Å². The first kappa shape index (κ1) is 22.4. The van der Waals surface area contributed by atoms with E-state index in [1.165, 1.54) is 25.2 Å². The van der Waals surface area contributed by atoms with Crippen LogP contribution in [0.3, 0.4) is 0 Å². The van der Waals surface area contributed by atoms with Gasteiger partial charge < -0.3 is 10.0 Å². The van der Waals surface area contributed by atoms with E-state index in [0.717, 1.165) is 36.7 Å². The van der Waals surface area contributed by atoms with Gasteiger partial charge in [0.05, 0.1) is 17.8 Å². The number of aromatic hydroxyl groups is 1. The topological polar surface area (TPSA) is 84.1 Å². The molecule has 7 nitrogen and oxygen atoms in total. The van der Waals surface area contributed by atoms with Crippen molar-refractivity contribution < 1.29 is 13.9 Å². The summed E-state index contributed by atoms with van der Waals surface area (Å²) < 4.78 is 30.0. The third-order valence-corrected chi connectivity index (χ3v) is 7.40. The van der Waals surface area contributed by atoms with Crippen LogP contribution in [-0.2, 0) is 7.05 Å². The van der Waals surface area contributed by atoms with E-state index in [0.29, 0.717) is 28.4 Å². The molecule has 2 aliphatic rings. The maximum absolute atomic E-state index is 15.1. The monoisotopic (exact) mass is 467 g/mol. The van der Waals surface area contributed by atoms with Gasteiger partial charge in [-0.05, 0) is 60.4 Å². The van der Waals surface area contributed by atoms with Gasteiger partial charge in [0.15, 0.2) is 17.6 Å². The van der Waals surface area contributed by atoms with Crippen molar-refractivity contribution in [2.75, 3.05) is 11.9 Å². The summed E-state index contributed by atoms with van der Waals surface area (Å²) in [6.07, 6.45) is 5.67. The average molecular weight is 468 g/mol. The number of phenols is 1. The third kappa shape index (κ3) is 4.03. The Kier molecular flexibility index (Phi) is 5.79. The van der Waals surface area contributed by atoms with Gasteiger partial charge >= 0.3 is 0 Å². The van der Waals surface area contributed by atoms with E-state index < -0.39 is 17.7 Å². The van der Waals surface area contributed by atoms with E-state index in [9.17, 15) is 14.3 Å². The SMILES string of the molecule is CN(c1cnc(-c2ccc(-c3cc(F)n(C)c(=O)c3)cc2O)nn1)[C@H]1C[C@@H]2CCC[C@@H](C2)[C@H]1F. The third-order valence-electron chi connectivity index (χ3n) is 7.40. The van der Waals surface area contributed by atoms with Crippen LogP contribution < -0.4 is 10.5 Å². The number of fused-ring (bicyclic) bond motifs is 2. The molecule has 2 saturated carbocycles. The summed E-state index contributed by atoms with van der Waals surface area (Å²) in [5.41, 5.74) is 0.712. The van der Waals surface area contributed by atoms with Gasteiger partial charge in [-0.25, -0.2) is 9.37 Å². The fourth-order valence-electron chi connectivity index (χ4n) is 5.39. The molecule has 0 saturated heterocycles. The summed E-state index contributed by atoms with van der Waals surface area (Å²) in [4.78, 5) is 18.1. The normalized spacial score (nSPS) is 24.1. The molecule has 2 fully saturated rings. The molecular formula is C25H27F2N5O2. The van der Waals surface area contributed by atoms with Crippen LogP contribution in [0.25, 0.3) is 22.5 Å². The lowest BCUT2D eigenvalue weighted by Crippen LogP contribution is -2.49. The van der Waals surface area contributed by atoms with Gasteiger partial charge in [0, 0.05) is 20.2 Å². The molecule has 1 aromatic carbocycles. The average Bonchev–Trinajstić information content (AvgIpc) is 2.84. The Morgan fingerprint density at radius 1 is 1.12 bits per heavy atom. The molecule has 9 heteroatoms. The Morgan fingerprint density at radius 3 is 2.65 bits per heavy atom. The van der Waals surface area contributed by atoms with Crippen LogP contribution in [-0.4, -0.2) is 44.1 Å². The number of halogens is 2. The van der Waals surface area contributed by atoms with Crippen LogP contribution in [0, 0.1) is 17.8 Å². The zero-order chi connectivity index (χ0) is 24.0. The zero-order valence-electron chi connectivity index (χ0n) is 19.2. The second kappa shape index (κ2) is 8.77. The van der Waals surface area contributed by atoms with Gasteiger partial charge in [0.2, 0.25) is 0 Å². The van der Waals surface area contributed by atoms with Gasteiger partial charge in [-0.2, -0.15) is 4.39 Å². The summed E-state index contributed by atoms with van der Waals surface area (Å²) in [5, 5.41) is 19.0. The fraction of sp³-hybridized carbons (Fsp3) is 0.440. The fourth-order valence-corrected chi connectivity index (χ4v) is 5.39. The van der Waals surface area contributed by atoms with Crippen molar-refractivity contribution in [3.8, 4) is 28.3 Å². The summed E-state index contributed by atoms with van der Waals surface area (Å²) in [5.74, 6) is 0.596. The van der Waals surface area contributed by atoms with Gasteiger partial charge in [-0.3, -0.25) is 9.36 Å². The predicted molar refractivity (Wildman–Crippen MR) is 125 cm³/mol. The van der Waals surface area contributed by atoms with Crippen LogP contribution >= 0.6 is 0 Å². The molecule has 0 spiro atoms. The first-order valence-corrected chi connectivity index (χ1v) is 11.6. The summed E-state index contributed by atoms with van der Waals surface area (Å²) >= 11 is 0. The van der Waals surface area contributed by atoms with E-state index in [-0.39, 0.29) is 23.5 Å². The minimum Gasteiger partial charge on any atom is -0.507 e. The Morgan fingerprint density at radius 2 is 1.94 bits per heavy atom. The van der Waals surface area contributed by atoms with Crippen molar-refractivity contribution in [1.82, 2.24) is 19.7 Å². The number of anilines is 1. The van der Waals surface area contributed by atoms with Crippen LogP contribution in [0.5, 0.6) is 5.75 Å². The molecule has 0 amide bonds. The first-order valence-electron chi connectivity index (χ1n) is 11.6. The molecule has 1 N–H and O–H groups in total. The molecule has 34 heavy (non-hydrogen) atoms. The number of nitrogens with zero attached hydrogens (tertiary/aromatic N) is 5. The Balaban J connectivity index is 1.37. The highest BCUT2D eigenvalue weighted by Gasteiger charge is 2.42. The van der Waals surface area contributed by atoms with E-state index in [1.807, 2.05) is 11.9 Å². The lowest BCUT2D eigenvalue weighted by atomic mass is 9.69.